The summed E-state index contributed by atoms with van der Waals surface area (Å²) in [7, 11) is -1.27. The van der Waals surface area contributed by atoms with Gasteiger partial charge in [-0.05, 0) is 23.8 Å². The first-order valence-corrected chi connectivity index (χ1v) is 8.26. The Morgan fingerprint density at radius 2 is 2.29 bits per heavy atom. The molecule has 2 bridgehead atoms. The maximum atomic E-state index is 5.77. The van der Waals surface area contributed by atoms with Gasteiger partial charge in [0.1, 0.15) is 0 Å². The summed E-state index contributed by atoms with van der Waals surface area (Å²) >= 11 is 11.5. The molecule has 0 aromatic carbocycles. The Kier molecular flexibility index (Phi) is 3.04. The minimum atomic E-state index is -1.27. The molecule has 0 N–H and O–H groups in total. The standard InChI is InChI=1S/C11H11Cl2Si/c1-2-8-7-9-3-4-10(8)11(9)5-6-14(12)13/h3-6,9-11H,1,7H2. The molecule has 0 spiro atoms. The lowest BCUT2D eigenvalue weighted by Crippen LogP contribution is -2.04. The SMILES string of the molecule is C=C=C1CC2C=CC1C2C=C[Si](Cl)Cl. The molecule has 2 aliphatic rings. The summed E-state index contributed by atoms with van der Waals surface area (Å²) in [6.07, 6.45) is 7.82. The molecule has 14 heavy (non-hydrogen) atoms. The third-order valence-electron chi connectivity index (χ3n) is 3.00. The van der Waals surface area contributed by atoms with Crippen LogP contribution < -0.4 is 0 Å². The average Bonchev–Trinajstić information content (AvgIpc) is 2.70. The molecule has 2 rings (SSSR count). The summed E-state index contributed by atoms with van der Waals surface area (Å²) in [5, 5.41) is 0. The largest absolute Gasteiger partial charge is 0.299 e. The van der Waals surface area contributed by atoms with Gasteiger partial charge in [0.25, 0.3) is 7.42 Å². The first kappa shape index (κ1) is 10.3. The van der Waals surface area contributed by atoms with Crippen LogP contribution in [-0.2, 0) is 0 Å². The highest BCUT2D eigenvalue weighted by atomic mass is 35.7. The van der Waals surface area contributed by atoms with E-state index in [-0.39, 0.29) is 0 Å². The topological polar surface area (TPSA) is 0 Å². The van der Waals surface area contributed by atoms with Crippen molar-refractivity contribution in [1.29, 1.82) is 0 Å². The Morgan fingerprint density at radius 3 is 2.86 bits per heavy atom. The van der Waals surface area contributed by atoms with Crippen molar-refractivity contribution >= 4 is 29.6 Å². The number of fused-ring (bicyclic) bond motifs is 2. The van der Waals surface area contributed by atoms with E-state index in [1.807, 2.05) is 5.70 Å². The maximum absolute atomic E-state index is 5.77. The Labute approximate surface area is 95.6 Å². The van der Waals surface area contributed by atoms with Gasteiger partial charge >= 0.3 is 0 Å². The van der Waals surface area contributed by atoms with Crippen LogP contribution in [0.3, 0.4) is 0 Å². The van der Waals surface area contributed by atoms with Crippen LogP contribution >= 0.6 is 22.2 Å². The Bertz CT molecular complexity index is 337. The second-order valence-corrected chi connectivity index (χ2v) is 7.64. The van der Waals surface area contributed by atoms with E-state index in [4.69, 9.17) is 22.2 Å². The van der Waals surface area contributed by atoms with Gasteiger partial charge in [-0.15, -0.1) is 27.9 Å². The Morgan fingerprint density at radius 1 is 1.50 bits per heavy atom. The van der Waals surface area contributed by atoms with E-state index < -0.39 is 7.42 Å². The maximum Gasteiger partial charge on any atom is 0.299 e. The van der Waals surface area contributed by atoms with Gasteiger partial charge in [-0.2, -0.15) is 0 Å². The highest BCUT2D eigenvalue weighted by molar-refractivity contribution is 7.36. The van der Waals surface area contributed by atoms with E-state index in [9.17, 15) is 0 Å². The van der Waals surface area contributed by atoms with Crippen molar-refractivity contribution in [1.82, 2.24) is 0 Å². The van der Waals surface area contributed by atoms with Crippen LogP contribution in [0.5, 0.6) is 0 Å². The number of hydrogen-bond acceptors (Lipinski definition) is 0. The lowest BCUT2D eigenvalue weighted by atomic mass is 9.96. The van der Waals surface area contributed by atoms with Gasteiger partial charge in [0.2, 0.25) is 0 Å². The van der Waals surface area contributed by atoms with Crippen molar-refractivity contribution in [3.05, 3.63) is 41.8 Å². The van der Waals surface area contributed by atoms with Crippen LogP contribution in [0.15, 0.2) is 41.8 Å². The number of hydrogen-bond donors (Lipinski definition) is 0. The third kappa shape index (κ3) is 1.78. The fourth-order valence-corrected chi connectivity index (χ4v) is 3.17. The first-order valence-electron chi connectivity index (χ1n) is 4.65. The molecule has 1 fully saturated rings. The van der Waals surface area contributed by atoms with Gasteiger partial charge < -0.3 is 0 Å². The summed E-state index contributed by atoms with van der Waals surface area (Å²) in [5.74, 6) is 1.68. The molecule has 0 aliphatic heterocycles. The second kappa shape index (κ2) is 4.12. The fourth-order valence-electron chi connectivity index (χ4n) is 2.36. The van der Waals surface area contributed by atoms with Gasteiger partial charge in [-0.3, -0.25) is 0 Å². The van der Waals surface area contributed by atoms with Crippen LogP contribution in [0.25, 0.3) is 0 Å². The lowest BCUT2D eigenvalue weighted by molar-refractivity contribution is 0.540. The quantitative estimate of drug-likeness (QED) is 0.300. The lowest BCUT2D eigenvalue weighted by Gasteiger charge is -2.09. The number of rotatable bonds is 2. The van der Waals surface area contributed by atoms with Gasteiger partial charge in [-0.25, -0.2) is 0 Å². The normalized spacial score (nSPS) is 34.8. The summed E-state index contributed by atoms with van der Waals surface area (Å²) in [5.41, 5.74) is 6.33. The molecule has 1 saturated carbocycles. The van der Waals surface area contributed by atoms with Crippen LogP contribution in [-0.4, -0.2) is 7.42 Å². The highest BCUT2D eigenvalue weighted by Gasteiger charge is 2.39. The van der Waals surface area contributed by atoms with E-state index in [0.717, 1.165) is 6.42 Å². The molecule has 0 aromatic heterocycles. The van der Waals surface area contributed by atoms with E-state index in [2.05, 4.69) is 30.5 Å². The molecular weight excluding hydrogens is 231 g/mol. The number of halogens is 2. The molecule has 3 atom stereocenters. The van der Waals surface area contributed by atoms with Gasteiger partial charge in [-0.1, -0.05) is 30.5 Å². The van der Waals surface area contributed by atoms with Crippen molar-refractivity contribution in [3.8, 4) is 0 Å². The molecule has 0 heterocycles. The zero-order chi connectivity index (χ0) is 10.1. The van der Waals surface area contributed by atoms with Crippen LogP contribution in [0.4, 0.5) is 0 Å². The van der Waals surface area contributed by atoms with E-state index >= 15 is 0 Å². The molecule has 0 saturated heterocycles. The van der Waals surface area contributed by atoms with E-state index in [0.29, 0.717) is 17.8 Å². The zero-order valence-electron chi connectivity index (χ0n) is 7.71. The van der Waals surface area contributed by atoms with E-state index in [1.165, 1.54) is 5.57 Å². The first-order chi connectivity index (χ1) is 6.72. The van der Waals surface area contributed by atoms with Crippen molar-refractivity contribution in [3.63, 3.8) is 0 Å². The zero-order valence-corrected chi connectivity index (χ0v) is 10.2. The summed E-state index contributed by atoms with van der Waals surface area (Å²) < 4.78 is 0. The van der Waals surface area contributed by atoms with Crippen molar-refractivity contribution in [2.75, 3.05) is 0 Å². The van der Waals surface area contributed by atoms with Crippen LogP contribution in [0, 0.1) is 17.8 Å². The summed E-state index contributed by atoms with van der Waals surface area (Å²) in [6, 6.07) is 0. The second-order valence-electron chi connectivity index (χ2n) is 3.71. The van der Waals surface area contributed by atoms with Crippen molar-refractivity contribution in [2.45, 2.75) is 6.42 Å². The molecule has 3 unspecified atom stereocenters. The molecule has 3 heteroatoms. The van der Waals surface area contributed by atoms with Gasteiger partial charge in [0, 0.05) is 5.92 Å². The predicted molar refractivity (Wildman–Crippen MR) is 63.5 cm³/mol. The highest BCUT2D eigenvalue weighted by Crippen LogP contribution is 2.48. The van der Waals surface area contributed by atoms with Crippen LogP contribution in [0.1, 0.15) is 6.42 Å². The van der Waals surface area contributed by atoms with Gasteiger partial charge in [0.15, 0.2) is 0 Å². The third-order valence-corrected chi connectivity index (χ3v) is 4.20. The Hall–Kier alpha value is -0.203. The summed E-state index contributed by atoms with van der Waals surface area (Å²) in [4.78, 5) is 0. The smallest absolute Gasteiger partial charge is 0.141 e. The van der Waals surface area contributed by atoms with E-state index in [1.54, 1.807) is 0 Å². The fraction of sp³-hybridized carbons (Fsp3) is 0.364. The summed E-state index contributed by atoms with van der Waals surface area (Å²) in [6.45, 7) is 3.73. The molecule has 0 nitrogen and oxygen atoms in total. The predicted octanol–water partition coefficient (Wildman–Crippen LogP) is 3.58. The molecule has 2 aliphatic carbocycles. The van der Waals surface area contributed by atoms with Gasteiger partial charge in [0.05, 0.1) is 0 Å². The molecule has 73 valence electrons. The van der Waals surface area contributed by atoms with Crippen molar-refractivity contribution < 1.29 is 0 Å². The molecule has 1 radical (unpaired) electrons. The minimum Gasteiger partial charge on any atom is -0.141 e. The number of allylic oxidation sites excluding steroid dienone is 4. The minimum absolute atomic E-state index is 0.503. The monoisotopic (exact) mass is 241 g/mol. The Balaban J connectivity index is 2.15. The molecule has 0 amide bonds. The molecule has 0 aromatic rings. The van der Waals surface area contributed by atoms with Crippen molar-refractivity contribution in [2.24, 2.45) is 17.8 Å². The van der Waals surface area contributed by atoms with Crippen LogP contribution in [0.2, 0.25) is 0 Å². The average molecular weight is 242 g/mol. The molecular formula is C11H11Cl2Si.